The van der Waals surface area contributed by atoms with Crippen LogP contribution >= 0.6 is 35.7 Å². The van der Waals surface area contributed by atoms with Gasteiger partial charge in [0.2, 0.25) is 0 Å². The molecule has 1 aromatic heterocycles. The quantitative estimate of drug-likeness (QED) is 0.164. The van der Waals surface area contributed by atoms with Crippen LogP contribution in [0.2, 0.25) is 0 Å². The molecular weight excluding hydrogens is 500 g/mol. The Morgan fingerprint density at radius 3 is 2.55 bits per heavy atom. The minimum atomic E-state index is -0.193. The molecule has 0 bridgehead atoms. The van der Waals surface area contributed by atoms with Crippen LogP contribution in [0.15, 0.2) is 34.2 Å². The molecule has 2 N–H and O–H groups in total. The highest BCUT2D eigenvalue weighted by molar-refractivity contribution is 14.0. The van der Waals surface area contributed by atoms with Gasteiger partial charge in [-0.05, 0) is 76.1 Å². The number of guanidine groups is 1. The molecule has 0 saturated carbocycles. The maximum Gasteiger partial charge on any atom is 0.191 e. The molecular formula is C21H33FIN5S. The number of aryl methyl sites for hydroxylation is 2. The molecule has 29 heavy (non-hydrogen) atoms. The van der Waals surface area contributed by atoms with Gasteiger partial charge >= 0.3 is 0 Å². The van der Waals surface area contributed by atoms with Crippen LogP contribution in [-0.2, 0) is 13.5 Å². The maximum atomic E-state index is 12.9. The van der Waals surface area contributed by atoms with Gasteiger partial charge in [-0.15, -0.1) is 35.7 Å². The number of aromatic nitrogens is 2. The number of aliphatic imine (C=N–C) groups is 1. The Labute approximate surface area is 195 Å². The molecule has 1 unspecified atom stereocenters. The van der Waals surface area contributed by atoms with Crippen molar-refractivity contribution in [2.45, 2.75) is 51.5 Å². The standard InChI is InChI=1S/C21H32FN5S.HI/c1-6-23-21(24-12-7-13-28-19-10-8-18(22)9-11-19)25-15(2)14-20-16(3)26-27(5)17(20)4;/h8-11,15H,6-7,12-14H2,1-5H3,(H2,23,24,25);1H. The number of hydrogen-bond donors (Lipinski definition) is 2. The zero-order valence-electron chi connectivity index (χ0n) is 18.0. The number of thioether (sulfide) groups is 1. The summed E-state index contributed by atoms with van der Waals surface area (Å²) >= 11 is 1.73. The molecule has 162 valence electrons. The molecule has 2 aromatic rings. The molecule has 0 amide bonds. The van der Waals surface area contributed by atoms with Crippen LogP contribution in [0.3, 0.4) is 0 Å². The van der Waals surface area contributed by atoms with E-state index in [4.69, 9.17) is 4.99 Å². The first-order valence-corrected chi connectivity index (χ1v) is 10.8. The van der Waals surface area contributed by atoms with E-state index in [1.54, 1.807) is 11.8 Å². The van der Waals surface area contributed by atoms with Crippen LogP contribution in [0, 0.1) is 19.7 Å². The smallest absolute Gasteiger partial charge is 0.191 e. The van der Waals surface area contributed by atoms with Crippen molar-refractivity contribution in [1.82, 2.24) is 20.4 Å². The Morgan fingerprint density at radius 2 is 1.97 bits per heavy atom. The van der Waals surface area contributed by atoms with Gasteiger partial charge in [0.05, 0.1) is 5.69 Å². The monoisotopic (exact) mass is 533 g/mol. The van der Waals surface area contributed by atoms with Crippen LogP contribution in [0.5, 0.6) is 0 Å². The fraction of sp³-hybridized carbons (Fsp3) is 0.524. The average Bonchev–Trinajstić information content (AvgIpc) is 2.89. The Hall–Kier alpha value is -1.29. The van der Waals surface area contributed by atoms with E-state index < -0.39 is 0 Å². The number of hydrogen-bond acceptors (Lipinski definition) is 3. The van der Waals surface area contributed by atoms with Crippen molar-refractivity contribution < 1.29 is 4.39 Å². The average molecular weight is 533 g/mol. The highest BCUT2D eigenvalue weighted by Crippen LogP contribution is 2.18. The SMILES string of the molecule is CCNC(=NCCCSc1ccc(F)cc1)NC(C)Cc1c(C)nn(C)c1C.I. The van der Waals surface area contributed by atoms with Crippen molar-refractivity contribution in [3.8, 4) is 0 Å². The Balaban J connectivity index is 0.00000420. The first-order valence-electron chi connectivity index (χ1n) is 9.83. The third kappa shape index (κ3) is 8.54. The maximum absolute atomic E-state index is 12.9. The molecule has 0 aliphatic carbocycles. The number of benzene rings is 1. The van der Waals surface area contributed by atoms with Gasteiger partial charge < -0.3 is 10.6 Å². The fourth-order valence-electron chi connectivity index (χ4n) is 3.00. The summed E-state index contributed by atoms with van der Waals surface area (Å²) in [5.74, 6) is 1.61. The molecule has 8 heteroatoms. The van der Waals surface area contributed by atoms with Crippen molar-refractivity contribution in [2.24, 2.45) is 12.0 Å². The van der Waals surface area contributed by atoms with E-state index in [0.29, 0.717) is 0 Å². The summed E-state index contributed by atoms with van der Waals surface area (Å²) < 4.78 is 14.9. The lowest BCUT2D eigenvalue weighted by Gasteiger charge is -2.18. The van der Waals surface area contributed by atoms with Crippen LogP contribution in [0.1, 0.15) is 37.2 Å². The van der Waals surface area contributed by atoms with Gasteiger partial charge in [-0.1, -0.05) is 0 Å². The minimum Gasteiger partial charge on any atom is -0.357 e. The van der Waals surface area contributed by atoms with Crippen molar-refractivity contribution in [2.75, 3.05) is 18.8 Å². The van der Waals surface area contributed by atoms with E-state index >= 15 is 0 Å². The summed E-state index contributed by atoms with van der Waals surface area (Å²) in [5, 5.41) is 11.3. The molecule has 0 saturated heterocycles. The molecule has 1 atom stereocenters. The van der Waals surface area contributed by atoms with E-state index in [-0.39, 0.29) is 35.8 Å². The van der Waals surface area contributed by atoms with Gasteiger partial charge in [-0.2, -0.15) is 5.10 Å². The highest BCUT2D eigenvalue weighted by atomic mass is 127. The van der Waals surface area contributed by atoms with E-state index in [1.807, 2.05) is 23.9 Å². The lowest BCUT2D eigenvalue weighted by Crippen LogP contribution is -2.43. The Morgan fingerprint density at radius 1 is 1.28 bits per heavy atom. The topological polar surface area (TPSA) is 54.2 Å². The van der Waals surface area contributed by atoms with Crippen LogP contribution in [0.4, 0.5) is 4.39 Å². The number of nitrogens with one attached hydrogen (secondary N) is 2. The van der Waals surface area contributed by atoms with Gasteiger partial charge in [-0.25, -0.2) is 4.39 Å². The molecule has 2 rings (SSSR count). The summed E-state index contributed by atoms with van der Waals surface area (Å²) in [6, 6.07) is 6.90. The molecule has 0 aliphatic rings. The third-order valence-corrected chi connectivity index (χ3v) is 5.65. The van der Waals surface area contributed by atoms with Gasteiger partial charge in [0.25, 0.3) is 0 Å². The van der Waals surface area contributed by atoms with Crippen molar-refractivity contribution in [3.63, 3.8) is 0 Å². The number of nitrogens with zero attached hydrogens (tertiary/aromatic N) is 3. The molecule has 1 aromatic carbocycles. The summed E-state index contributed by atoms with van der Waals surface area (Å²) in [5.41, 5.74) is 3.60. The number of rotatable bonds is 9. The first-order chi connectivity index (χ1) is 13.4. The van der Waals surface area contributed by atoms with E-state index in [1.165, 1.54) is 23.4 Å². The molecule has 0 fully saturated rings. The fourth-order valence-corrected chi connectivity index (χ4v) is 3.84. The lowest BCUT2D eigenvalue weighted by molar-refractivity contribution is 0.626. The second kappa shape index (κ2) is 13.1. The lowest BCUT2D eigenvalue weighted by atomic mass is 10.1. The van der Waals surface area contributed by atoms with Gasteiger partial charge in [0.15, 0.2) is 5.96 Å². The van der Waals surface area contributed by atoms with E-state index in [2.05, 4.69) is 43.4 Å². The second-order valence-electron chi connectivity index (χ2n) is 6.94. The second-order valence-corrected chi connectivity index (χ2v) is 8.11. The molecule has 5 nitrogen and oxygen atoms in total. The van der Waals surface area contributed by atoms with Gasteiger partial charge in [-0.3, -0.25) is 9.67 Å². The Bertz CT molecular complexity index is 776. The summed E-state index contributed by atoms with van der Waals surface area (Å²) in [7, 11) is 1.99. The molecule has 0 spiro atoms. The molecule has 1 heterocycles. The van der Waals surface area contributed by atoms with Crippen LogP contribution < -0.4 is 10.6 Å². The van der Waals surface area contributed by atoms with Gasteiger partial charge in [0.1, 0.15) is 5.82 Å². The highest BCUT2D eigenvalue weighted by Gasteiger charge is 2.13. The zero-order valence-corrected chi connectivity index (χ0v) is 21.1. The van der Waals surface area contributed by atoms with Crippen molar-refractivity contribution >= 4 is 41.7 Å². The van der Waals surface area contributed by atoms with E-state index in [0.717, 1.165) is 48.2 Å². The summed E-state index contributed by atoms with van der Waals surface area (Å²) in [6.45, 7) is 9.99. The predicted octanol–water partition coefficient (Wildman–Crippen LogP) is 4.46. The van der Waals surface area contributed by atoms with Crippen LogP contribution in [0.25, 0.3) is 0 Å². The number of halogens is 2. The normalized spacial score (nSPS) is 12.4. The largest absolute Gasteiger partial charge is 0.357 e. The van der Waals surface area contributed by atoms with Crippen molar-refractivity contribution in [1.29, 1.82) is 0 Å². The third-order valence-electron chi connectivity index (χ3n) is 4.55. The summed E-state index contributed by atoms with van der Waals surface area (Å²) in [6.07, 6.45) is 1.88. The predicted molar refractivity (Wildman–Crippen MR) is 132 cm³/mol. The zero-order chi connectivity index (χ0) is 20.5. The first kappa shape index (κ1) is 25.7. The molecule has 0 radical (unpaired) electrons. The van der Waals surface area contributed by atoms with Gasteiger partial charge in [0, 0.05) is 36.8 Å². The molecule has 0 aliphatic heterocycles. The minimum absolute atomic E-state index is 0. The van der Waals surface area contributed by atoms with Crippen molar-refractivity contribution in [3.05, 3.63) is 47.0 Å². The summed E-state index contributed by atoms with van der Waals surface area (Å²) in [4.78, 5) is 5.78. The Kier molecular flexibility index (Phi) is 11.6. The van der Waals surface area contributed by atoms with Crippen LogP contribution in [-0.4, -0.2) is 40.6 Å². The van der Waals surface area contributed by atoms with E-state index in [9.17, 15) is 4.39 Å².